The normalized spacial score (nSPS) is 26.7. The molecule has 3 saturated heterocycles. The molecular formula is C30H40FN5O4. The van der Waals surface area contributed by atoms with Crippen molar-refractivity contribution in [3.8, 4) is 6.07 Å². The molecule has 1 N–H and O–H groups in total. The summed E-state index contributed by atoms with van der Waals surface area (Å²) in [5.74, 6) is -0.253. The number of benzene rings is 1. The van der Waals surface area contributed by atoms with Crippen LogP contribution in [-0.2, 0) is 14.3 Å². The number of nitrogens with one attached hydrogen (secondary N) is 1. The number of hydrogen-bond donors (Lipinski definition) is 1. The number of fused-ring (bicyclic) bond motifs is 2. The molecule has 40 heavy (non-hydrogen) atoms. The molecule has 2 bridgehead atoms. The molecule has 1 saturated carbocycles. The van der Waals surface area contributed by atoms with Gasteiger partial charge in [0.05, 0.1) is 18.2 Å². The van der Waals surface area contributed by atoms with Gasteiger partial charge in [-0.1, -0.05) is 25.0 Å². The van der Waals surface area contributed by atoms with Crippen LogP contribution in [0.1, 0.15) is 77.3 Å². The van der Waals surface area contributed by atoms with Gasteiger partial charge in [0.2, 0.25) is 11.8 Å². The second-order valence-electron chi connectivity index (χ2n) is 12.7. The number of alkyl carbamates (subject to hydrolysis) is 1. The summed E-state index contributed by atoms with van der Waals surface area (Å²) >= 11 is 0. The number of rotatable bonds is 7. The summed E-state index contributed by atoms with van der Waals surface area (Å²) < 4.78 is 19.2. The zero-order chi connectivity index (χ0) is 28.6. The first kappa shape index (κ1) is 28.3. The first-order valence-electron chi connectivity index (χ1n) is 14.6. The summed E-state index contributed by atoms with van der Waals surface area (Å²) in [6, 6.07) is 6.76. The summed E-state index contributed by atoms with van der Waals surface area (Å²) in [5.41, 5.74) is 0.233. The molecule has 0 spiro atoms. The van der Waals surface area contributed by atoms with Crippen LogP contribution in [-0.4, -0.2) is 82.0 Å². The van der Waals surface area contributed by atoms with Gasteiger partial charge in [-0.05, 0) is 76.5 Å². The van der Waals surface area contributed by atoms with Crippen molar-refractivity contribution in [2.24, 2.45) is 5.92 Å². The number of halogens is 1. The van der Waals surface area contributed by atoms with Crippen LogP contribution in [0, 0.1) is 23.1 Å². The van der Waals surface area contributed by atoms with E-state index < -0.39 is 29.8 Å². The second-order valence-corrected chi connectivity index (χ2v) is 12.7. The van der Waals surface area contributed by atoms with Gasteiger partial charge in [-0.3, -0.25) is 14.5 Å². The molecule has 3 heterocycles. The summed E-state index contributed by atoms with van der Waals surface area (Å²) in [5, 5.41) is 12.3. The van der Waals surface area contributed by atoms with Crippen LogP contribution in [0.25, 0.3) is 0 Å². The molecule has 3 amide bonds. The van der Waals surface area contributed by atoms with Gasteiger partial charge >= 0.3 is 6.09 Å². The van der Waals surface area contributed by atoms with Gasteiger partial charge in [0.15, 0.2) is 0 Å². The Kier molecular flexibility index (Phi) is 8.05. The molecule has 3 aliphatic heterocycles. The van der Waals surface area contributed by atoms with E-state index in [1.54, 1.807) is 32.9 Å². The van der Waals surface area contributed by atoms with Gasteiger partial charge in [0, 0.05) is 25.7 Å². The molecule has 1 aromatic rings. The molecule has 10 heteroatoms. The van der Waals surface area contributed by atoms with Crippen molar-refractivity contribution in [2.75, 3.05) is 19.6 Å². The fourth-order valence-corrected chi connectivity index (χ4v) is 7.08. The molecule has 5 atom stereocenters. The van der Waals surface area contributed by atoms with Crippen molar-refractivity contribution in [2.45, 2.75) is 102 Å². The third-order valence-electron chi connectivity index (χ3n) is 8.76. The van der Waals surface area contributed by atoms with Crippen molar-refractivity contribution >= 4 is 17.9 Å². The Bertz CT molecular complexity index is 1160. The third kappa shape index (κ3) is 5.80. The van der Waals surface area contributed by atoms with E-state index in [0.29, 0.717) is 31.8 Å². The van der Waals surface area contributed by atoms with E-state index in [9.17, 15) is 24.0 Å². The van der Waals surface area contributed by atoms with E-state index in [1.165, 1.54) is 17.0 Å². The number of piperazine rings is 1. The van der Waals surface area contributed by atoms with E-state index in [0.717, 1.165) is 37.7 Å². The monoisotopic (exact) mass is 553 g/mol. The first-order valence-corrected chi connectivity index (χ1v) is 14.6. The SMILES string of the molecule is CC(C)(C)OC(=O)N[C@@H](CN1C[C@@H]2CC1C(=O)N2C(c1ccc(F)cc1)C1CCCC1)C(=O)N1CCC[C@H]1C#N. The number of ether oxygens (including phenoxy) is 1. The molecule has 1 aromatic carbocycles. The van der Waals surface area contributed by atoms with Crippen LogP contribution in [0.2, 0.25) is 0 Å². The van der Waals surface area contributed by atoms with Crippen molar-refractivity contribution in [1.29, 1.82) is 5.26 Å². The zero-order valence-electron chi connectivity index (χ0n) is 23.6. The molecule has 1 aliphatic carbocycles. The zero-order valence-corrected chi connectivity index (χ0v) is 23.6. The number of carbonyl (C=O) groups excluding carboxylic acids is 3. The van der Waals surface area contributed by atoms with E-state index in [-0.39, 0.29) is 36.3 Å². The van der Waals surface area contributed by atoms with Crippen molar-refractivity contribution in [3.63, 3.8) is 0 Å². The Morgan fingerprint density at radius 1 is 1.15 bits per heavy atom. The molecule has 4 fully saturated rings. The minimum absolute atomic E-state index is 0.0240. The van der Waals surface area contributed by atoms with Gasteiger partial charge < -0.3 is 19.9 Å². The lowest BCUT2D eigenvalue weighted by Crippen LogP contribution is -2.59. The van der Waals surface area contributed by atoms with Crippen LogP contribution < -0.4 is 5.32 Å². The molecular weight excluding hydrogens is 513 g/mol. The standard InChI is InChI=1S/C30H40FN5O4/c1-30(2,3)40-29(39)33-24(27(37)35-14-6-9-22(35)16-32)18-34-17-23-15-25(34)28(38)36(23)26(19-7-4-5-8-19)20-10-12-21(31)13-11-20/h10-13,19,22-26H,4-9,14-15,17-18H2,1-3H3,(H,33,39)/t22-,23-,24-,25?,26?/m0/s1. The van der Waals surface area contributed by atoms with Gasteiger partial charge in [-0.2, -0.15) is 5.26 Å². The van der Waals surface area contributed by atoms with Crippen LogP contribution >= 0.6 is 0 Å². The second kappa shape index (κ2) is 11.4. The number of carbonyl (C=O) groups is 3. The van der Waals surface area contributed by atoms with Gasteiger partial charge in [-0.15, -0.1) is 0 Å². The number of likely N-dealkylation sites (tertiary alicyclic amines) is 3. The maximum absolute atomic E-state index is 13.9. The summed E-state index contributed by atoms with van der Waals surface area (Å²) in [4.78, 5) is 45.8. The molecule has 216 valence electrons. The summed E-state index contributed by atoms with van der Waals surface area (Å²) in [7, 11) is 0. The highest BCUT2D eigenvalue weighted by atomic mass is 19.1. The quantitative estimate of drug-likeness (QED) is 0.551. The van der Waals surface area contributed by atoms with Crippen molar-refractivity contribution in [3.05, 3.63) is 35.6 Å². The highest BCUT2D eigenvalue weighted by molar-refractivity contribution is 5.88. The Labute approximate surface area is 235 Å². The molecule has 2 unspecified atom stereocenters. The van der Waals surface area contributed by atoms with E-state index in [1.807, 2.05) is 9.80 Å². The predicted molar refractivity (Wildman–Crippen MR) is 145 cm³/mol. The number of nitrogens with zero attached hydrogens (tertiary/aromatic N) is 4. The molecule has 0 aromatic heterocycles. The minimum atomic E-state index is -0.938. The summed E-state index contributed by atoms with van der Waals surface area (Å²) in [6.45, 7) is 6.47. The average Bonchev–Trinajstić information content (AvgIpc) is 3.69. The Morgan fingerprint density at radius 2 is 1.85 bits per heavy atom. The largest absolute Gasteiger partial charge is 0.444 e. The number of amides is 3. The Hall–Kier alpha value is -3.19. The fraction of sp³-hybridized carbons (Fsp3) is 0.667. The first-order chi connectivity index (χ1) is 19.1. The lowest BCUT2D eigenvalue weighted by molar-refractivity contribution is -0.142. The van der Waals surface area contributed by atoms with Gasteiger partial charge in [0.1, 0.15) is 23.5 Å². The van der Waals surface area contributed by atoms with Crippen molar-refractivity contribution < 1.29 is 23.5 Å². The Balaban J connectivity index is 1.34. The van der Waals surface area contributed by atoms with Crippen LogP contribution in [0.3, 0.4) is 0 Å². The maximum Gasteiger partial charge on any atom is 0.408 e. The van der Waals surface area contributed by atoms with Gasteiger partial charge in [0.25, 0.3) is 0 Å². The van der Waals surface area contributed by atoms with Crippen LogP contribution in [0.5, 0.6) is 0 Å². The van der Waals surface area contributed by atoms with Crippen LogP contribution in [0.15, 0.2) is 24.3 Å². The van der Waals surface area contributed by atoms with E-state index >= 15 is 0 Å². The topological polar surface area (TPSA) is 106 Å². The lowest BCUT2D eigenvalue weighted by atomic mass is 9.89. The highest BCUT2D eigenvalue weighted by Crippen LogP contribution is 2.45. The molecule has 5 rings (SSSR count). The third-order valence-corrected chi connectivity index (χ3v) is 8.76. The minimum Gasteiger partial charge on any atom is -0.444 e. The van der Waals surface area contributed by atoms with E-state index in [2.05, 4.69) is 11.4 Å². The van der Waals surface area contributed by atoms with Crippen molar-refractivity contribution in [1.82, 2.24) is 20.0 Å². The average molecular weight is 554 g/mol. The van der Waals surface area contributed by atoms with E-state index in [4.69, 9.17) is 4.74 Å². The molecule has 9 nitrogen and oxygen atoms in total. The predicted octanol–water partition coefficient (Wildman–Crippen LogP) is 3.75. The summed E-state index contributed by atoms with van der Waals surface area (Å²) in [6.07, 6.45) is 5.63. The number of hydrogen-bond acceptors (Lipinski definition) is 6. The highest BCUT2D eigenvalue weighted by Gasteiger charge is 2.54. The lowest BCUT2D eigenvalue weighted by Gasteiger charge is -2.42. The Morgan fingerprint density at radius 3 is 2.48 bits per heavy atom. The fourth-order valence-electron chi connectivity index (χ4n) is 7.08. The smallest absolute Gasteiger partial charge is 0.408 e. The maximum atomic E-state index is 13.9. The van der Waals surface area contributed by atoms with Crippen LogP contribution in [0.4, 0.5) is 9.18 Å². The molecule has 0 radical (unpaired) electrons. The number of nitriles is 1. The van der Waals surface area contributed by atoms with Gasteiger partial charge in [-0.25, -0.2) is 9.18 Å². The molecule has 4 aliphatic rings.